The number of carbonyl (C=O) groups is 3. The Balaban J connectivity index is 2.09. The maximum absolute atomic E-state index is 13.9. The van der Waals surface area contributed by atoms with Crippen molar-refractivity contribution in [1.82, 2.24) is 5.32 Å². The normalized spacial score (nSPS) is 32.8. The van der Waals surface area contributed by atoms with Crippen LogP contribution in [0.3, 0.4) is 0 Å². The molecule has 0 radical (unpaired) electrons. The van der Waals surface area contributed by atoms with Gasteiger partial charge in [-0.2, -0.15) is 0 Å². The van der Waals surface area contributed by atoms with Crippen molar-refractivity contribution in [3.8, 4) is 0 Å². The van der Waals surface area contributed by atoms with Crippen molar-refractivity contribution in [3.63, 3.8) is 0 Å². The summed E-state index contributed by atoms with van der Waals surface area (Å²) in [4.78, 5) is 44.9. The van der Waals surface area contributed by atoms with E-state index in [2.05, 4.69) is 10.5 Å². The molecule has 2 bridgehead atoms. The molecule has 2 aliphatic carbocycles. The molecule has 0 aromatic rings. The van der Waals surface area contributed by atoms with E-state index in [1.807, 2.05) is 13.8 Å². The number of oxime groups is 1. The number of amides is 2. The van der Waals surface area contributed by atoms with Gasteiger partial charge in [-0.1, -0.05) is 49.7 Å². The van der Waals surface area contributed by atoms with Crippen LogP contribution in [0.25, 0.3) is 0 Å². The monoisotopic (exact) mass is 657 g/mol. The van der Waals surface area contributed by atoms with Crippen molar-refractivity contribution in [2.45, 2.75) is 103 Å². The lowest BCUT2D eigenvalue weighted by Crippen LogP contribution is -2.37. The molecule has 1 aliphatic heterocycles. The zero-order chi connectivity index (χ0) is 34.7. The number of aliphatic hydroxyl groups is 1. The topological polar surface area (TPSA) is 168 Å². The van der Waals surface area contributed by atoms with Crippen LogP contribution in [-0.2, 0) is 33.4 Å². The SMILES string of the molecule is COC1=C2C[C@@H](C)C[C@H](OC)[C@H](O)[C@@H](C)/C=C(\C)[C@H](OC(N)=O)[C@@H](OC)/C=C\C=C(/C)C(=O)NC(=C/C1=N\OC1CCCCC1)C2=O. The molecule has 3 aliphatic rings. The second-order valence-corrected chi connectivity index (χ2v) is 12.6. The van der Waals surface area contributed by atoms with Gasteiger partial charge in [0.1, 0.15) is 17.9 Å². The number of methoxy groups -OCH3 is 3. The third-order valence-corrected chi connectivity index (χ3v) is 8.81. The summed E-state index contributed by atoms with van der Waals surface area (Å²) < 4.78 is 22.5. The summed E-state index contributed by atoms with van der Waals surface area (Å²) >= 11 is 0. The smallest absolute Gasteiger partial charge is 0.405 e. The van der Waals surface area contributed by atoms with Crippen LogP contribution < -0.4 is 11.1 Å². The molecule has 47 heavy (non-hydrogen) atoms. The van der Waals surface area contributed by atoms with Gasteiger partial charge in [-0.3, -0.25) is 9.59 Å². The van der Waals surface area contributed by atoms with Crippen LogP contribution in [0.4, 0.5) is 4.79 Å². The molecule has 12 heteroatoms. The van der Waals surface area contributed by atoms with Gasteiger partial charge in [-0.15, -0.1) is 0 Å². The van der Waals surface area contributed by atoms with Crippen molar-refractivity contribution >= 4 is 23.5 Å². The summed E-state index contributed by atoms with van der Waals surface area (Å²) in [5, 5.41) is 18.5. The first-order chi connectivity index (χ1) is 22.4. The first-order valence-corrected chi connectivity index (χ1v) is 16.2. The Labute approximate surface area is 277 Å². The van der Waals surface area contributed by atoms with Gasteiger partial charge in [0, 0.05) is 31.3 Å². The van der Waals surface area contributed by atoms with E-state index in [1.54, 1.807) is 38.2 Å². The number of hydrogen-bond acceptors (Lipinski definition) is 10. The molecule has 0 saturated heterocycles. The maximum atomic E-state index is 13.9. The number of Topliss-reactive ketones (excluding diaryl/α,β-unsaturated/α-hetero) is 1. The lowest BCUT2D eigenvalue weighted by atomic mass is 9.85. The van der Waals surface area contributed by atoms with Crippen LogP contribution in [0.1, 0.15) is 72.6 Å². The Morgan fingerprint density at radius 2 is 1.77 bits per heavy atom. The van der Waals surface area contributed by atoms with Gasteiger partial charge in [0.2, 0.25) is 5.78 Å². The fourth-order valence-electron chi connectivity index (χ4n) is 6.17. The van der Waals surface area contributed by atoms with Crippen LogP contribution in [-0.4, -0.2) is 80.5 Å². The third kappa shape index (κ3) is 10.4. The van der Waals surface area contributed by atoms with E-state index >= 15 is 0 Å². The molecular weight excluding hydrogens is 606 g/mol. The number of hydrogen-bond donors (Lipinski definition) is 3. The molecule has 260 valence electrons. The molecule has 4 N–H and O–H groups in total. The molecule has 0 aromatic heterocycles. The van der Waals surface area contributed by atoms with Crippen molar-refractivity contribution in [2.75, 3.05) is 21.3 Å². The number of aliphatic hydroxyl groups excluding tert-OH is 1. The molecule has 0 unspecified atom stereocenters. The highest BCUT2D eigenvalue weighted by Gasteiger charge is 2.34. The largest absolute Gasteiger partial charge is 0.494 e. The molecule has 0 aromatic carbocycles. The van der Waals surface area contributed by atoms with Crippen molar-refractivity contribution in [1.29, 1.82) is 0 Å². The minimum absolute atomic E-state index is 0.0343. The number of ether oxygens (including phenoxy) is 4. The van der Waals surface area contributed by atoms with Gasteiger partial charge < -0.3 is 39.9 Å². The van der Waals surface area contributed by atoms with E-state index < -0.39 is 48.1 Å². The van der Waals surface area contributed by atoms with E-state index in [0.29, 0.717) is 28.9 Å². The molecule has 0 spiro atoms. The Hall–Kier alpha value is -3.74. The summed E-state index contributed by atoms with van der Waals surface area (Å²) in [5.74, 6) is -1.20. The summed E-state index contributed by atoms with van der Waals surface area (Å²) in [6.07, 6.45) is 9.54. The number of fused-ring (bicyclic) bond motifs is 2. The zero-order valence-corrected chi connectivity index (χ0v) is 28.6. The molecule has 6 atom stereocenters. The standard InChI is InChI=1S/C35H51N3O9/c1-20-16-25-31(40)26(19-27(33(25)45-7)38-47-24-13-9-8-10-14-24)37-34(41)21(2)12-11-15-28(43-5)32(46-35(36)42)23(4)18-22(3)30(39)29(17-20)44-6/h11-12,15,18-20,22,24,28-30,32,39H,8-10,13-14,16-17H2,1-7H3,(H2,36,42)(H,37,41)/b15-11-,21-12+,23-18+,38-27+/t20-,22+,28+,29+,30-,32+/m1/s1. The zero-order valence-electron chi connectivity index (χ0n) is 28.6. The number of allylic oxidation sites excluding steroid dienone is 4. The molecule has 1 fully saturated rings. The minimum Gasteiger partial charge on any atom is -0.494 e. The first kappa shape index (κ1) is 37.7. The maximum Gasteiger partial charge on any atom is 0.405 e. The van der Waals surface area contributed by atoms with Crippen molar-refractivity contribution in [3.05, 3.63) is 58.6 Å². The predicted molar refractivity (Wildman–Crippen MR) is 177 cm³/mol. The van der Waals surface area contributed by atoms with Crippen molar-refractivity contribution < 1.29 is 43.3 Å². The molecule has 1 heterocycles. The molecule has 12 nitrogen and oxygen atoms in total. The van der Waals surface area contributed by atoms with E-state index in [4.69, 9.17) is 29.5 Å². The van der Waals surface area contributed by atoms with Crippen LogP contribution >= 0.6 is 0 Å². The number of nitrogens with zero attached hydrogens (tertiary/aromatic N) is 1. The van der Waals surface area contributed by atoms with Crippen LogP contribution in [0.15, 0.2) is 63.7 Å². The van der Waals surface area contributed by atoms with Crippen molar-refractivity contribution in [2.24, 2.45) is 22.7 Å². The van der Waals surface area contributed by atoms with Gasteiger partial charge >= 0.3 is 6.09 Å². The number of carbonyl (C=O) groups excluding carboxylic acids is 3. The molecule has 3 rings (SSSR count). The number of nitrogens with two attached hydrogens (primary N) is 1. The van der Waals surface area contributed by atoms with Crippen LogP contribution in [0.2, 0.25) is 0 Å². The Morgan fingerprint density at radius 3 is 2.38 bits per heavy atom. The number of nitrogens with one attached hydrogen (secondary N) is 1. The van der Waals surface area contributed by atoms with Gasteiger partial charge in [-0.05, 0) is 69.9 Å². The average Bonchev–Trinajstić information content (AvgIpc) is 3.05. The van der Waals surface area contributed by atoms with Gasteiger partial charge in [-0.25, -0.2) is 4.79 Å². The van der Waals surface area contributed by atoms with Gasteiger partial charge in [0.05, 0.1) is 25.0 Å². The van der Waals surface area contributed by atoms with E-state index in [1.165, 1.54) is 27.4 Å². The summed E-state index contributed by atoms with van der Waals surface area (Å²) in [7, 11) is 4.45. The Bertz CT molecular complexity index is 1320. The van der Waals surface area contributed by atoms with Crippen LogP contribution in [0, 0.1) is 11.8 Å². The van der Waals surface area contributed by atoms with E-state index in [0.717, 1.165) is 32.1 Å². The second kappa shape index (κ2) is 18.0. The summed E-state index contributed by atoms with van der Waals surface area (Å²) in [6.45, 7) is 7.14. The highest BCUT2D eigenvalue weighted by atomic mass is 16.6. The van der Waals surface area contributed by atoms with Crippen LogP contribution in [0.5, 0.6) is 0 Å². The predicted octanol–water partition coefficient (Wildman–Crippen LogP) is 4.54. The molecule has 1 saturated carbocycles. The van der Waals surface area contributed by atoms with Gasteiger partial charge in [0.15, 0.2) is 11.9 Å². The highest BCUT2D eigenvalue weighted by Crippen LogP contribution is 2.30. The first-order valence-electron chi connectivity index (χ1n) is 16.2. The number of primary amides is 1. The Kier molecular flexibility index (Phi) is 14.4. The number of ketones is 1. The third-order valence-electron chi connectivity index (χ3n) is 8.81. The number of rotatable bonds is 6. The minimum atomic E-state index is -0.986. The lowest BCUT2D eigenvalue weighted by Gasteiger charge is -2.30. The summed E-state index contributed by atoms with van der Waals surface area (Å²) in [5.41, 5.74) is 6.98. The van der Waals surface area contributed by atoms with E-state index in [9.17, 15) is 19.5 Å². The summed E-state index contributed by atoms with van der Waals surface area (Å²) in [6, 6.07) is 0. The fraction of sp³-hybridized carbons (Fsp3) is 0.600. The quantitative estimate of drug-likeness (QED) is 0.211. The second-order valence-electron chi connectivity index (χ2n) is 12.6. The average molecular weight is 658 g/mol. The highest BCUT2D eigenvalue weighted by molar-refractivity contribution is 6.24. The van der Waals surface area contributed by atoms with E-state index in [-0.39, 0.29) is 29.9 Å². The Morgan fingerprint density at radius 1 is 1.06 bits per heavy atom. The molecule has 2 amide bonds. The van der Waals surface area contributed by atoms with Gasteiger partial charge in [0.25, 0.3) is 5.91 Å². The molecular formula is C35H51N3O9. The lowest BCUT2D eigenvalue weighted by molar-refractivity contribution is -0.119. The fourth-order valence-corrected chi connectivity index (χ4v) is 6.17.